The molecule has 45 heavy (non-hydrogen) atoms. The summed E-state index contributed by atoms with van der Waals surface area (Å²) in [5.74, 6) is 1.28. The molecule has 2 aromatic carbocycles. The molecule has 2 aliphatic heterocycles. The molecule has 5 rings (SSSR count). The van der Waals surface area contributed by atoms with E-state index in [0.29, 0.717) is 62.4 Å². The Bertz CT molecular complexity index is 1540. The molecule has 0 spiro atoms. The third-order valence-corrected chi connectivity index (χ3v) is 8.73. The van der Waals surface area contributed by atoms with Gasteiger partial charge in [-0.3, -0.25) is 4.72 Å². The fourth-order valence-corrected chi connectivity index (χ4v) is 6.48. The van der Waals surface area contributed by atoms with E-state index in [0.717, 1.165) is 0 Å². The molecule has 11 N–H and O–H groups in total. The van der Waals surface area contributed by atoms with E-state index in [4.69, 9.17) is 37.4 Å². The summed E-state index contributed by atoms with van der Waals surface area (Å²) in [6, 6.07) is 7.98. The van der Waals surface area contributed by atoms with E-state index in [1.165, 1.54) is 44.6 Å². The monoisotopic (exact) mass is 665 g/mol. The number of phenolic OH excluding ortho intramolecular Hbond substituents is 1. The van der Waals surface area contributed by atoms with Crippen molar-refractivity contribution in [1.82, 2.24) is 15.0 Å². The van der Waals surface area contributed by atoms with Gasteiger partial charge in [0, 0.05) is 68.2 Å². The Morgan fingerprint density at radius 1 is 0.800 bits per heavy atom. The fraction of sp³-hybridized carbons (Fsp3) is 0.444. The first-order valence-corrected chi connectivity index (χ1v) is 15.6. The van der Waals surface area contributed by atoms with Gasteiger partial charge < -0.3 is 52.6 Å². The van der Waals surface area contributed by atoms with Crippen LogP contribution in [0.5, 0.6) is 17.2 Å². The molecule has 3 aromatic rings. The van der Waals surface area contributed by atoms with E-state index in [-0.39, 0.29) is 64.6 Å². The molecule has 2 aliphatic rings. The highest BCUT2D eigenvalue weighted by molar-refractivity contribution is 7.92. The van der Waals surface area contributed by atoms with Gasteiger partial charge in [-0.2, -0.15) is 15.0 Å². The number of hydrogen-bond acceptors (Lipinski definition) is 15. The van der Waals surface area contributed by atoms with Crippen molar-refractivity contribution in [3.63, 3.8) is 0 Å². The number of hydrogen-bond donors (Lipinski definition) is 7. The van der Waals surface area contributed by atoms with E-state index in [1.54, 1.807) is 6.07 Å². The van der Waals surface area contributed by atoms with E-state index in [1.807, 2.05) is 9.80 Å². The molecule has 0 unspecified atom stereocenters. The molecule has 4 atom stereocenters. The van der Waals surface area contributed by atoms with Crippen molar-refractivity contribution in [1.29, 1.82) is 0 Å². The van der Waals surface area contributed by atoms with Crippen LogP contribution in [0.25, 0.3) is 0 Å². The Labute approximate surface area is 267 Å². The van der Waals surface area contributed by atoms with Gasteiger partial charge in [0.2, 0.25) is 17.8 Å². The van der Waals surface area contributed by atoms with Crippen molar-refractivity contribution in [2.45, 2.75) is 41.9 Å². The minimum atomic E-state index is -4.07. The molecule has 18 heteroatoms. The minimum Gasteiger partial charge on any atom is -0.506 e. The van der Waals surface area contributed by atoms with E-state index in [2.05, 4.69) is 20.0 Å². The van der Waals surface area contributed by atoms with Crippen LogP contribution in [0.15, 0.2) is 41.3 Å². The van der Waals surface area contributed by atoms with E-state index < -0.39 is 10.0 Å². The van der Waals surface area contributed by atoms with Crippen LogP contribution in [-0.2, 0) is 10.0 Å². The first-order chi connectivity index (χ1) is 20.9. The first-order valence-electron chi connectivity index (χ1n) is 14.1. The number of nitrogens with zero attached hydrogens (tertiary/aromatic N) is 5. The Morgan fingerprint density at radius 2 is 1.33 bits per heavy atom. The summed E-state index contributed by atoms with van der Waals surface area (Å²) in [6.07, 6.45) is 1.38. The molecule has 0 saturated carbocycles. The Hall–Kier alpha value is -3.87. The summed E-state index contributed by atoms with van der Waals surface area (Å²) in [7, 11) is -1.21. The van der Waals surface area contributed by atoms with E-state index in [9.17, 15) is 13.5 Å². The Kier molecular flexibility index (Phi) is 10.6. The van der Waals surface area contributed by atoms with Gasteiger partial charge >= 0.3 is 0 Å². The molecular formula is C27H40ClN11O5S. The predicted octanol–water partition coefficient (Wildman–Crippen LogP) is 0.290. The SMILES string of the molecule is COc1ccc(S(=O)(=O)Nc2ccc(Nc3nc(N4C[C@H](N)C[C@H](N)C4)nc(N4C[C@H](N)C[C@H](N)C4)n3)cc2O)cc1OC.Cl. The van der Waals surface area contributed by atoms with Gasteiger partial charge in [0.15, 0.2) is 11.5 Å². The average Bonchev–Trinajstić information content (AvgIpc) is 2.97. The number of rotatable bonds is 9. The van der Waals surface area contributed by atoms with Gasteiger partial charge in [0.05, 0.1) is 24.8 Å². The number of methoxy groups -OCH3 is 2. The van der Waals surface area contributed by atoms with Gasteiger partial charge in [0.25, 0.3) is 10.0 Å². The van der Waals surface area contributed by atoms with Crippen LogP contribution in [0, 0.1) is 0 Å². The predicted molar refractivity (Wildman–Crippen MR) is 174 cm³/mol. The highest BCUT2D eigenvalue weighted by atomic mass is 35.5. The second kappa shape index (κ2) is 14.1. The van der Waals surface area contributed by atoms with E-state index >= 15 is 0 Å². The van der Waals surface area contributed by atoms with Crippen LogP contribution in [-0.4, -0.2) is 93.0 Å². The zero-order chi connectivity index (χ0) is 31.6. The molecule has 0 aliphatic carbocycles. The number of phenols is 1. The summed E-state index contributed by atoms with van der Waals surface area (Å²) in [5.41, 5.74) is 25.3. The van der Waals surface area contributed by atoms with Crippen molar-refractivity contribution in [3.05, 3.63) is 36.4 Å². The lowest BCUT2D eigenvalue weighted by atomic mass is 10.0. The van der Waals surface area contributed by atoms with Gasteiger partial charge in [0.1, 0.15) is 5.75 Å². The smallest absolute Gasteiger partial charge is 0.262 e. The van der Waals surface area contributed by atoms with Crippen LogP contribution < -0.4 is 52.2 Å². The molecular weight excluding hydrogens is 626 g/mol. The number of halogens is 1. The summed E-state index contributed by atoms with van der Waals surface area (Å²) in [6.45, 7) is 2.08. The summed E-state index contributed by atoms with van der Waals surface area (Å²) in [4.78, 5) is 17.7. The second-order valence-corrected chi connectivity index (χ2v) is 12.7. The van der Waals surface area contributed by atoms with Crippen molar-refractivity contribution in [2.24, 2.45) is 22.9 Å². The first kappa shape index (κ1) is 34.0. The van der Waals surface area contributed by atoms with Crippen LogP contribution in [0.3, 0.4) is 0 Å². The zero-order valence-electron chi connectivity index (χ0n) is 25.0. The fourth-order valence-electron chi connectivity index (χ4n) is 5.39. The number of anilines is 5. The quantitative estimate of drug-likeness (QED) is 0.152. The molecule has 16 nitrogen and oxygen atoms in total. The lowest BCUT2D eigenvalue weighted by Crippen LogP contribution is -2.54. The number of benzene rings is 2. The summed E-state index contributed by atoms with van der Waals surface area (Å²) < 4.78 is 38.9. The molecule has 0 amide bonds. The third kappa shape index (κ3) is 8.05. The van der Waals surface area contributed by atoms with Crippen LogP contribution in [0.1, 0.15) is 12.8 Å². The van der Waals surface area contributed by atoms with Gasteiger partial charge in [-0.15, -0.1) is 12.4 Å². The van der Waals surface area contributed by atoms with Crippen molar-refractivity contribution in [2.75, 3.05) is 60.2 Å². The maximum absolute atomic E-state index is 13.1. The average molecular weight is 666 g/mol. The number of sulfonamides is 1. The number of piperidine rings is 2. The number of aromatic hydroxyl groups is 1. The molecule has 246 valence electrons. The second-order valence-electron chi connectivity index (χ2n) is 11.1. The number of nitrogens with two attached hydrogens (primary N) is 4. The topological polar surface area (TPSA) is 246 Å². The Balaban J connectivity index is 0.00000461. The van der Waals surface area contributed by atoms with Crippen LogP contribution in [0.2, 0.25) is 0 Å². The minimum absolute atomic E-state index is 0. The molecule has 0 radical (unpaired) electrons. The maximum Gasteiger partial charge on any atom is 0.262 e. The zero-order valence-corrected chi connectivity index (χ0v) is 26.6. The van der Waals surface area contributed by atoms with Crippen molar-refractivity contribution < 1.29 is 23.0 Å². The van der Waals surface area contributed by atoms with Crippen LogP contribution >= 0.6 is 12.4 Å². The molecule has 2 fully saturated rings. The van der Waals surface area contributed by atoms with Crippen molar-refractivity contribution >= 4 is 51.7 Å². The largest absolute Gasteiger partial charge is 0.506 e. The van der Waals surface area contributed by atoms with Crippen LogP contribution in [0.4, 0.5) is 29.2 Å². The summed E-state index contributed by atoms with van der Waals surface area (Å²) >= 11 is 0. The standard InChI is InChI=1S/C27H39N11O5S.ClH/c1-42-23-6-4-20(10-24(23)43-2)44(40,41)36-21-5-3-19(9-22(21)39)32-25-33-26(37-11-15(28)7-16(29)12-37)35-27(34-25)38-13-17(30)8-18(31)14-38;/h3-6,9-10,15-18,36,39H,7-8,11-14,28-31H2,1-2H3,(H,32,33,34,35);1H/t15-,16+,17-,18+;. The lowest BCUT2D eigenvalue weighted by molar-refractivity contribution is 0.354. The molecule has 1 aromatic heterocycles. The molecule has 3 heterocycles. The highest BCUT2D eigenvalue weighted by Gasteiger charge is 2.29. The van der Waals surface area contributed by atoms with Gasteiger partial charge in [-0.05, 0) is 37.1 Å². The summed E-state index contributed by atoms with van der Waals surface area (Å²) in [5, 5.41) is 13.8. The highest BCUT2D eigenvalue weighted by Crippen LogP contribution is 2.33. The number of aromatic nitrogens is 3. The van der Waals surface area contributed by atoms with Gasteiger partial charge in [-0.1, -0.05) is 0 Å². The van der Waals surface area contributed by atoms with Crippen molar-refractivity contribution in [3.8, 4) is 17.2 Å². The maximum atomic E-state index is 13.1. The van der Waals surface area contributed by atoms with Gasteiger partial charge in [-0.25, -0.2) is 8.42 Å². The number of nitrogens with one attached hydrogen (secondary N) is 2. The lowest BCUT2D eigenvalue weighted by Gasteiger charge is -2.37. The Morgan fingerprint density at radius 3 is 1.82 bits per heavy atom. The molecule has 2 saturated heterocycles. The number of ether oxygens (including phenoxy) is 2. The molecule has 0 bridgehead atoms. The normalized spacial score (nSPS) is 21.9. The third-order valence-electron chi connectivity index (χ3n) is 7.37.